The molecule has 3 rings (SSSR count). The van der Waals surface area contributed by atoms with Gasteiger partial charge in [-0.1, -0.05) is 18.3 Å². The molecule has 0 spiro atoms. The van der Waals surface area contributed by atoms with Crippen molar-refractivity contribution in [2.75, 3.05) is 29.3 Å². The molecule has 7 N–H and O–H groups in total. The van der Waals surface area contributed by atoms with E-state index in [0.29, 0.717) is 5.69 Å². The number of ether oxygens (including phenoxy) is 2. The maximum absolute atomic E-state index is 11.9. The van der Waals surface area contributed by atoms with Gasteiger partial charge in [-0.2, -0.15) is 0 Å². The molecular weight excluding hydrogens is 564 g/mol. The summed E-state index contributed by atoms with van der Waals surface area (Å²) in [5.74, 6) is -1.29. The van der Waals surface area contributed by atoms with E-state index in [2.05, 4.69) is 21.9 Å². The Morgan fingerprint density at radius 1 is 1.05 bits per heavy atom. The molecule has 0 fully saturated rings. The molecule has 1 aromatic heterocycles. The van der Waals surface area contributed by atoms with Crippen molar-refractivity contribution in [2.45, 2.75) is 17.7 Å². The van der Waals surface area contributed by atoms with E-state index in [-0.39, 0.29) is 58.7 Å². The zero-order valence-corrected chi connectivity index (χ0v) is 22.5. The second-order valence-electron chi connectivity index (χ2n) is 7.82. The highest BCUT2D eigenvalue weighted by atomic mass is 32.2. The standard InChI is InChI=1S/C13H15N3O6S.C11H11N3O2S/c14-8-3-4-10(22-12(17)2-1-5-16(19)20)9(6-8)13(18)21-7-11(15)23;12-9-4-6-10(7-5-9)17(15,16)14-11-3-1-2-8-13-11/h3-4,6H,1-2,5,7,14H2,(H2,15,23);1-8H,12H2,(H,13,14). The number of carbonyl (C=O) groups excluding carboxylic acids is 2. The van der Waals surface area contributed by atoms with Crippen molar-refractivity contribution in [2.24, 2.45) is 5.73 Å². The summed E-state index contributed by atoms with van der Waals surface area (Å²) >= 11 is 4.60. The van der Waals surface area contributed by atoms with Crippen molar-refractivity contribution in [3.8, 4) is 5.75 Å². The van der Waals surface area contributed by atoms with Gasteiger partial charge in [0.25, 0.3) is 10.0 Å². The first-order chi connectivity index (χ1) is 18.9. The first-order valence-corrected chi connectivity index (χ1v) is 13.2. The first kappa shape index (κ1) is 31.4. The lowest BCUT2D eigenvalue weighted by atomic mass is 10.2. The summed E-state index contributed by atoms with van der Waals surface area (Å²) in [6.45, 7) is -0.612. The van der Waals surface area contributed by atoms with Crippen LogP contribution in [0.25, 0.3) is 0 Å². The van der Waals surface area contributed by atoms with Crippen LogP contribution in [0, 0.1) is 10.1 Å². The van der Waals surface area contributed by atoms with Gasteiger partial charge in [-0.25, -0.2) is 18.2 Å². The molecule has 3 aromatic rings. The van der Waals surface area contributed by atoms with E-state index >= 15 is 0 Å². The summed E-state index contributed by atoms with van der Waals surface area (Å²) in [6, 6.07) is 15.0. The summed E-state index contributed by atoms with van der Waals surface area (Å²) in [6.07, 6.45) is 1.38. The minimum absolute atomic E-state index is 0.0134. The third-order valence-corrected chi connectivity index (χ3v) is 6.10. The van der Waals surface area contributed by atoms with E-state index in [1.165, 1.54) is 48.7 Å². The van der Waals surface area contributed by atoms with Crippen LogP contribution in [0.5, 0.6) is 5.75 Å². The number of nitrogens with two attached hydrogens (primary N) is 3. The molecule has 0 bridgehead atoms. The van der Waals surface area contributed by atoms with Crippen molar-refractivity contribution in [3.63, 3.8) is 0 Å². The molecule has 0 saturated heterocycles. The molecular formula is C24H26N6O8S2. The summed E-state index contributed by atoms with van der Waals surface area (Å²) in [4.78, 5) is 37.3. The third kappa shape index (κ3) is 10.9. The fraction of sp³-hybridized carbons (Fsp3) is 0.167. The second kappa shape index (κ2) is 14.9. The smallest absolute Gasteiger partial charge is 0.342 e. The zero-order chi connectivity index (χ0) is 29.7. The minimum Gasteiger partial charge on any atom is -0.455 e. The molecule has 0 radical (unpaired) electrons. The monoisotopic (exact) mass is 590 g/mol. The van der Waals surface area contributed by atoms with E-state index in [0.717, 1.165) is 0 Å². The number of anilines is 3. The van der Waals surface area contributed by atoms with Crippen LogP contribution >= 0.6 is 12.2 Å². The van der Waals surface area contributed by atoms with Crippen molar-refractivity contribution in [1.82, 2.24) is 4.98 Å². The predicted molar refractivity (Wildman–Crippen MR) is 151 cm³/mol. The topological polar surface area (TPSA) is 233 Å². The average molecular weight is 591 g/mol. The van der Waals surface area contributed by atoms with Gasteiger partial charge in [-0.05, 0) is 54.6 Å². The van der Waals surface area contributed by atoms with Gasteiger partial charge >= 0.3 is 11.9 Å². The van der Waals surface area contributed by atoms with E-state index in [4.69, 9.17) is 26.7 Å². The minimum atomic E-state index is -3.60. The van der Waals surface area contributed by atoms with Gasteiger partial charge in [0.2, 0.25) is 6.54 Å². The number of esters is 2. The summed E-state index contributed by atoms with van der Waals surface area (Å²) < 4.78 is 36.1. The van der Waals surface area contributed by atoms with Gasteiger partial charge in [0, 0.05) is 28.9 Å². The Bertz CT molecular complexity index is 1450. The third-order valence-electron chi connectivity index (χ3n) is 4.61. The largest absolute Gasteiger partial charge is 0.455 e. The van der Waals surface area contributed by atoms with Crippen LogP contribution in [0.1, 0.15) is 23.2 Å². The summed E-state index contributed by atoms with van der Waals surface area (Å²) in [5.41, 5.74) is 17.0. The number of nitrogens with zero attached hydrogens (tertiary/aromatic N) is 2. The van der Waals surface area contributed by atoms with Crippen LogP contribution in [0.4, 0.5) is 17.2 Å². The Kier molecular flexibility index (Phi) is 11.7. The fourth-order valence-corrected chi connectivity index (χ4v) is 3.87. The number of rotatable bonds is 11. The lowest BCUT2D eigenvalue weighted by molar-refractivity contribution is -0.480. The van der Waals surface area contributed by atoms with Crippen molar-refractivity contribution < 1.29 is 32.4 Å². The van der Waals surface area contributed by atoms with Gasteiger partial charge in [0.15, 0.2) is 0 Å². The van der Waals surface area contributed by atoms with Gasteiger partial charge in [-0.15, -0.1) is 0 Å². The number of pyridine rings is 1. The van der Waals surface area contributed by atoms with Crippen LogP contribution in [-0.4, -0.2) is 48.4 Å². The Morgan fingerprint density at radius 2 is 1.73 bits per heavy atom. The highest BCUT2D eigenvalue weighted by Crippen LogP contribution is 2.23. The molecule has 1 heterocycles. The molecule has 0 aliphatic heterocycles. The van der Waals surface area contributed by atoms with Crippen LogP contribution in [0.15, 0.2) is 71.8 Å². The molecule has 212 valence electrons. The second-order valence-corrected chi connectivity index (χ2v) is 10.0. The van der Waals surface area contributed by atoms with Crippen molar-refractivity contribution in [1.29, 1.82) is 0 Å². The molecule has 40 heavy (non-hydrogen) atoms. The van der Waals surface area contributed by atoms with Gasteiger partial charge in [-0.3, -0.25) is 19.6 Å². The Hall–Kier alpha value is -4.83. The van der Waals surface area contributed by atoms with Crippen LogP contribution in [0.2, 0.25) is 0 Å². The molecule has 16 heteroatoms. The SMILES string of the molecule is NC(=S)COC(=O)c1cc(N)ccc1OC(=O)CCC[N+](=O)[O-].Nc1ccc(S(=O)(=O)Nc2ccccn2)cc1. The first-order valence-electron chi connectivity index (χ1n) is 11.3. The average Bonchev–Trinajstić information content (AvgIpc) is 2.89. The molecule has 0 saturated carbocycles. The number of benzene rings is 2. The Morgan fingerprint density at radius 3 is 2.33 bits per heavy atom. The quantitative estimate of drug-likeness (QED) is 0.0626. The number of sulfonamides is 1. The lowest BCUT2D eigenvalue weighted by Gasteiger charge is -2.10. The Labute approximate surface area is 234 Å². The van der Waals surface area contributed by atoms with E-state index < -0.39 is 26.9 Å². The molecule has 14 nitrogen and oxygen atoms in total. The van der Waals surface area contributed by atoms with Gasteiger partial charge in [0.1, 0.15) is 28.7 Å². The Balaban J connectivity index is 0.000000292. The zero-order valence-electron chi connectivity index (χ0n) is 20.9. The van der Waals surface area contributed by atoms with Gasteiger partial charge < -0.3 is 26.7 Å². The molecule has 0 aliphatic carbocycles. The number of hydrogen-bond acceptors (Lipinski definition) is 12. The van der Waals surface area contributed by atoms with Crippen molar-refractivity contribution in [3.05, 3.63) is 82.5 Å². The van der Waals surface area contributed by atoms with E-state index in [1.54, 1.807) is 18.2 Å². The van der Waals surface area contributed by atoms with Crippen molar-refractivity contribution >= 4 is 56.4 Å². The molecule has 0 aliphatic rings. The number of thiocarbonyl (C=S) groups is 1. The predicted octanol–water partition coefficient (Wildman–Crippen LogP) is 2.14. The maximum atomic E-state index is 11.9. The number of nitrogen functional groups attached to an aromatic ring is 2. The fourth-order valence-electron chi connectivity index (χ4n) is 2.80. The molecule has 0 unspecified atom stereocenters. The number of nitrogens with one attached hydrogen (secondary N) is 1. The lowest BCUT2D eigenvalue weighted by Crippen LogP contribution is -2.20. The van der Waals surface area contributed by atoms with E-state index in [9.17, 15) is 28.1 Å². The molecule has 0 atom stereocenters. The molecule has 0 amide bonds. The number of carbonyl (C=O) groups is 2. The number of nitro groups is 1. The maximum Gasteiger partial charge on any atom is 0.342 e. The van der Waals surface area contributed by atoms with Crippen LogP contribution in [0.3, 0.4) is 0 Å². The normalized spacial score (nSPS) is 10.4. The van der Waals surface area contributed by atoms with Gasteiger partial charge in [0.05, 0.1) is 11.3 Å². The highest BCUT2D eigenvalue weighted by molar-refractivity contribution is 7.92. The molecule has 2 aromatic carbocycles. The van der Waals surface area contributed by atoms with E-state index in [1.807, 2.05) is 0 Å². The van der Waals surface area contributed by atoms with Crippen LogP contribution in [-0.2, 0) is 19.6 Å². The summed E-state index contributed by atoms with van der Waals surface area (Å²) in [5, 5.41) is 10.2. The summed E-state index contributed by atoms with van der Waals surface area (Å²) in [7, 11) is -3.60. The number of hydrogen-bond donors (Lipinski definition) is 4. The van der Waals surface area contributed by atoms with Crippen LogP contribution < -0.4 is 26.7 Å². The highest BCUT2D eigenvalue weighted by Gasteiger charge is 2.18. The number of aromatic nitrogens is 1.